The Balaban J connectivity index is 1.58. The number of carbonyl (C=O) groups excluding carboxylic acids is 1. The van der Waals surface area contributed by atoms with Crippen LogP contribution in [0.3, 0.4) is 0 Å². The first-order valence-electron chi connectivity index (χ1n) is 8.81. The van der Waals surface area contributed by atoms with E-state index >= 15 is 0 Å². The molecule has 0 saturated carbocycles. The van der Waals surface area contributed by atoms with E-state index in [0.29, 0.717) is 0 Å². The molecule has 0 radical (unpaired) electrons. The molecule has 0 aliphatic rings. The van der Waals surface area contributed by atoms with Gasteiger partial charge in [0.15, 0.2) is 10.8 Å². The normalized spacial score (nSPS) is 12.9. The lowest BCUT2D eigenvalue weighted by Gasteiger charge is -2.13. The third kappa shape index (κ3) is 5.63. The predicted molar refractivity (Wildman–Crippen MR) is 106 cm³/mol. The van der Waals surface area contributed by atoms with Crippen LogP contribution in [0, 0.1) is 0 Å². The first-order valence-corrected chi connectivity index (χ1v) is 10.2. The summed E-state index contributed by atoms with van der Waals surface area (Å²) in [5.74, 6) is -0.227. The van der Waals surface area contributed by atoms with Gasteiger partial charge < -0.3 is 5.32 Å². The Kier molecular flexibility index (Phi) is 6.69. The van der Waals surface area contributed by atoms with Crippen molar-refractivity contribution in [1.29, 1.82) is 0 Å². The fraction of sp³-hybridized carbons (Fsp3) is 0.316. The molecule has 1 amide bonds. The summed E-state index contributed by atoms with van der Waals surface area (Å²) in [6, 6.07) is 10.7. The molecule has 3 rings (SSSR count). The zero-order chi connectivity index (χ0) is 21.0. The molecule has 1 atom stereocenters. The lowest BCUT2D eigenvalue weighted by Crippen LogP contribution is -2.34. The number of benzene rings is 1. The van der Waals surface area contributed by atoms with E-state index in [9.17, 15) is 18.0 Å². The van der Waals surface area contributed by atoms with Gasteiger partial charge in [-0.2, -0.15) is 13.2 Å². The maximum Gasteiger partial charge on any atom is 0.417 e. The zero-order valence-electron chi connectivity index (χ0n) is 15.4. The van der Waals surface area contributed by atoms with Gasteiger partial charge in [-0.05, 0) is 31.4 Å². The van der Waals surface area contributed by atoms with Gasteiger partial charge in [0.1, 0.15) is 0 Å². The van der Waals surface area contributed by atoms with Crippen LogP contribution in [0.25, 0.3) is 5.65 Å². The molecular weight excluding hydrogens is 425 g/mol. The van der Waals surface area contributed by atoms with Crippen LogP contribution in [0.2, 0.25) is 5.02 Å². The van der Waals surface area contributed by atoms with E-state index < -0.39 is 11.7 Å². The summed E-state index contributed by atoms with van der Waals surface area (Å²) in [4.78, 5) is 12.2. The number of nitrogens with one attached hydrogen (secondary N) is 1. The van der Waals surface area contributed by atoms with Crippen LogP contribution in [0.1, 0.15) is 24.5 Å². The molecular formula is C19H18ClF3N4OS. The van der Waals surface area contributed by atoms with Crippen LogP contribution in [-0.4, -0.2) is 32.3 Å². The molecule has 0 aliphatic carbocycles. The predicted octanol–water partition coefficient (Wildman–Crippen LogP) is 4.63. The van der Waals surface area contributed by atoms with Crippen LogP contribution >= 0.6 is 23.4 Å². The quantitative estimate of drug-likeness (QED) is 0.542. The minimum atomic E-state index is -4.55. The molecule has 3 aromatic rings. The largest absolute Gasteiger partial charge is 0.417 e. The highest BCUT2D eigenvalue weighted by Gasteiger charge is 2.32. The molecule has 10 heteroatoms. The molecule has 1 N–H and O–H groups in total. The monoisotopic (exact) mass is 442 g/mol. The van der Waals surface area contributed by atoms with Crippen molar-refractivity contribution < 1.29 is 18.0 Å². The summed E-state index contributed by atoms with van der Waals surface area (Å²) in [5, 5.41) is 10.6. The number of thioether (sulfide) groups is 1. The smallest absolute Gasteiger partial charge is 0.353 e. The third-order valence-corrected chi connectivity index (χ3v) is 5.43. The number of rotatable bonds is 7. The van der Waals surface area contributed by atoms with Crippen molar-refractivity contribution in [3.63, 3.8) is 0 Å². The molecule has 2 heterocycles. The maximum atomic E-state index is 13.0. The average Bonchev–Trinajstić information content (AvgIpc) is 3.08. The first kappa shape index (κ1) is 21.4. The summed E-state index contributed by atoms with van der Waals surface area (Å²) < 4.78 is 40.2. The van der Waals surface area contributed by atoms with Gasteiger partial charge in [0.25, 0.3) is 0 Å². The number of hydrogen-bond acceptors (Lipinski definition) is 4. The van der Waals surface area contributed by atoms with Gasteiger partial charge in [-0.25, -0.2) is 0 Å². The summed E-state index contributed by atoms with van der Waals surface area (Å²) >= 11 is 6.89. The van der Waals surface area contributed by atoms with Crippen molar-refractivity contribution in [3.05, 3.63) is 58.7 Å². The van der Waals surface area contributed by atoms with Crippen molar-refractivity contribution in [2.24, 2.45) is 0 Å². The van der Waals surface area contributed by atoms with Crippen molar-refractivity contribution in [2.75, 3.05) is 5.75 Å². The second-order valence-corrected chi connectivity index (χ2v) is 7.88. The van der Waals surface area contributed by atoms with E-state index in [1.807, 2.05) is 37.3 Å². The van der Waals surface area contributed by atoms with Gasteiger partial charge in [-0.1, -0.05) is 53.7 Å². The Morgan fingerprint density at radius 2 is 2.00 bits per heavy atom. The SMILES string of the molecule is C[C@@H](CCc1ccccc1)NC(=O)CSc1nnc2c(Cl)cc(C(F)(F)F)cn12. The molecule has 0 fully saturated rings. The molecule has 0 saturated heterocycles. The number of amides is 1. The topological polar surface area (TPSA) is 59.3 Å². The zero-order valence-corrected chi connectivity index (χ0v) is 17.0. The van der Waals surface area contributed by atoms with Crippen molar-refractivity contribution in [2.45, 2.75) is 37.1 Å². The second-order valence-electron chi connectivity index (χ2n) is 6.53. The Bertz CT molecular complexity index is 994. The Morgan fingerprint density at radius 1 is 1.28 bits per heavy atom. The van der Waals surface area contributed by atoms with Crippen LogP contribution < -0.4 is 5.32 Å². The van der Waals surface area contributed by atoms with Gasteiger partial charge in [-0.3, -0.25) is 9.20 Å². The molecule has 1 aromatic carbocycles. The highest BCUT2D eigenvalue weighted by Crippen LogP contribution is 2.33. The lowest BCUT2D eigenvalue weighted by atomic mass is 10.1. The fourth-order valence-electron chi connectivity index (χ4n) is 2.73. The third-order valence-electron chi connectivity index (χ3n) is 4.20. The summed E-state index contributed by atoms with van der Waals surface area (Å²) in [6.45, 7) is 1.91. The van der Waals surface area contributed by atoms with Gasteiger partial charge in [0, 0.05) is 12.2 Å². The Hall–Kier alpha value is -2.26. The average molecular weight is 443 g/mol. The highest BCUT2D eigenvalue weighted by atomic mass is 35.5. The molecule has 29 heavy (non-hydrogen) atoms. The molecule has 0 aliphatic heterocycles. The number of aromatic nitrogens is 3. The number of fused-ring (bicyclic) bond motifs is 1. The van der Waals surface area contributed by atoms with Crippen molar-refractivity contribution >= 4 is 34.9 Å². The van der Waals surface area contributed by atoms with E-state index in [-0.39, 0.29) is 33.5 Å². The second kappa shape index (κ2) is 9.04. The fourth-order valence-corrected chi connectivity index (χ4v) is 3.70. The summed E-state index contributed by atoms with van der Waals surface area (Å²) in [5.41, 5.74) is 0.393. The van der Waals surface area contributed by atoms with E-state index in [1.165, 1.54) is 5.56 Å². The van der Waals surface area contributed by atoms with Crippen LogP contribution in [0.15, 0.2) is 47.8 Å². The molecule has 0 spiro atoms. The van der Waals surface area contributed by atoms with Crippen LogP contribution in [-0.2, 0) is 17.4 Å². The number of carbonyl (C=O) groups is 1. The Morgan fingerprint density at radius 3 is 2.69 bits per heavy atom. The molecule has 154 valence electrons. The van der Waals surface area contributed by atoms with Crippen LogP contribution in [0.4, 0.5) is 13.2 Å². The van der Waals surface area contributed by atoms with Crippen molar-refractivity contribution in [3.8, 4) is 0 Å². The summed E-state index contributed by atoms with van der Waals surface area (Å²) in [7, 11) is 0. The first-order chi connectivity index (χ1) is 13.7. The highest BCUT2D eigenvalue weighted by molar-refractivity contribution is 7.99. The molecule has 0 unspecified atom stereocenters. The van der Waals surface area contributed by atoms with E-state index in [0.717, 1.165) is 41.3 Å². The minimum Gasteiger partial charge on any atom is -0.353 e. The minimum absolute atomic E-state index is 0.00430. The molecule has 2 aromatic heterocycles. The number of pyridine rings is 1. The van der Waals surface area contributed by atoms with Gasteiger partial charge >= 0.3 is 6.18 Å². The number of aryl methyl sites for hydroxylation is 1. The lowest BCUT2D eigenvalue weighted by molar-refractivity contribution is -0.137. The number of alkyl halides is 3. The number of nitrogens with zero attached hydrogens (tertiary/aromatic N) is 3. The van der Waals surface area contributed by atoms with Gasteiger partial charge in [0.05, 0.1) is 16.3 Å². The van der Waals surface area contributed by atoms with E-state index in [2.05, 4.69) is 15.5 Å². The van der Waals surface area contributed by atoms with Gasteiger partial charge in [0.2, 0.25) is 5.91 Å². The van der Waals surface area contributed by atoms with Crippen molar-refractivity contribution in [1.82, 2.24) is 19.9 Å². The molecule has 5 nitrogen and oxygen atoms in total. The van der Waals surface area contributed by atoms with E-state index in [4.69, 9.17) is 11.6 Å². The summed E-state index contributed by atoms with van der Waals surface area (Å²) in [6.07, 6.45) is -2.05. The molecule has 0 bridgehead atoms. The van der Waals surface area contributed by atoms with E-state index in [1.54, 1.807) is 0 Å². The van der Waals surface area contributed by atoms with Gasteiger partial charge in [-0.15, -0.1) is 10.2 Å². The number of halogens is 4. The maximum absolute atomic E-state index is 13.0. The number of hydrogen-bond donors (Lipinski definition) is 1. The Labute approximate surface area is 174 Å². The van der Waals surface area contributed by atoms with Crippen LogP contribution in [0.5, 0.6) is 0 Å². The standard InChI is InChI=1S/C19H18ClF3N4OS/c1-12(7-8-13-5-3-2-4-6-13)24-16(28)11-29-18-26-25-17-15(20)9-14(10-27(17)18)19(21,22)23/h2-6,9-10,12H,7-8,11H2,1H3,(H,24,28)/t12-/m0/s1.